The van der Waals surface area contributed by atoms with E-state index in [2.05, 4.69) is 32.7 Å². The van der Waals surface area contributed by atoms with Crippen LogP contribution in [0.2, 0.25) is 0 Å². The summed E-state index contributed by atoms with van der Waals surface area (Å²) in [5, 5.41) is 0. The molecule has 0 spiro atoms. The molecule has 0 amide bonds. The lowest BCUT2D eigenvalue weighted by atomic mass is 9.79. The molecule has 2 heterocycles. The van der Waals surface area contributed by atoms with Crippen molar-refractivity contribution in [3.8, 4) is 0 Å². The van der Waals surface area contributed by atoms with Gasteiger partial charge in [0.15, 0.2) is 0 Å². The topological polar surface area (TPSA) is 30.8 Å². The normalized spacial score (nSPS) is 28.3. The van der Waals surface area contributed by atoms with Crippen LogP contribution in [0.3, 0.4) is 0 Å². The number of hydrogen-bond donors (Lipinski definition) is 0. The van der Waals surface area contributed by atoms with E-state index in [4.69, 9.17) is 9.31 Å². The second kappa shape index (κ2) is 2.94. The van der Waals surface area contributed by atoms with E-state index in [0.717, 1.165) is 5.47 Å². The molecule has 1 saturated heterocycles. The van der Waals surface area contributed by atoms with Crippen LogP contribution in [0, 0.1) is 0 Å². The van der Waals surface area contributed by atoms with Gasteiger partial charge in [-0.3, -0.25) is 4.99 Å². The van der Waals surface area contributed by atoms with Gasteiger partial charge in [0, 0.05) is 6.21 Å². The maximum atomic E-state index is 5.88. The van der Waals surface area contributed by atoms with Crippen LogP contribution < -0.4 is 0 Å². The molecule has 0 radical (unpaired) electrons. The lowest BCUT2D eigenvalue weighted by Crippen LogP contribution is -2.41. The number of rotatable bonds is 1. The van der Waals surface area contributed by atoms with Crippen molar-refractivity contribution in [3.63, 3.8) is 0 Å². The van der Waals surface area contributed by atoms with Crippen molar-refractivity contribution in [2.75, 3.05) is 6.54 Å². The molecule has 0 aromatic carbocycles. The van der Waals surface area contributed by atoms with Gasteiger partial charge in [0.25, 0.3) is 0 Å². The Labute approximate surface area is 85.3 Å². The molecule has 0 bridgehead atoms. The van der Waals surface area contributed by atoms with Gasteiger partial charge in [-0.15, -0.1) is 0 Å². The highest BCUT2D eigenvalue weighted by atomic mass is 16.7. The van der Waals surface area contributed by atoms with Crippen molar-refractivity contribution in [2.45, 2.75) is 38.9 Å². The zero-order valence-electron chi connectivity index (χ0n) is 9.20. The molecule has 0 unspecified atom stereocenters. The Morgan fingerprint density at radius 3 is 2.21 bits per heavy atom. The molecular formula is C10H16BNO2. The summed E-state index contributed by atoms with van der Waals surface area (Å²) in [6.45, 7) is 8.94. The van der Waals surface area contributed by atoms with Crippen molar-refractivity contribution in [1.82, 2.24) is 0 Å². The summed E-state index contributed by atoms with van der Waals surface area (Å²) >= 11 is 0. The molecule has 3 nitrogen and oxygen atoms in total. The molecule has 2 rings (SSSR count). The van der Waals surface area contributed by atoms with E-state index in [1.165, 1.54) is 0 Å². The average molecular weight is 193 g/mol. The highest BCUT2D eigenvalue weighted by molar-refractivity contribution is 6.55. The molecular weight excluding hydrogens is 177 g/mol. The summed E-state index contributed by atoms with van der Waals surface area (Å²) < 4.78 is 11.8. The number of allylic oxidation sites excluding steroid dienone is 1. The highest BCUT2D eigenvalue weighted by Crippen LogP contribution is 2.38. The molecule has 0 saturated carbocycles. The van der Waals surface area contributed by atoms with Crippen LogP contribution in [0.15, 0.2) is 16.5 Å². The van der Waals surface area contributed by atoms with Crippen molar-refractivity contribution in [2.24, 2.45) is 4.99 Å². The quantitative estimate of drug-likeness (QED) is 0.592. The molecule has 0 atom stereocenters. The van der Waals surface area contributed by atoms with Crippen molar-refractivity contribution >= 4 is 13.3 Å². The minimum Gasteiger partial charge on any atom is -0.400 e. The maximum absolute atomic E-state index is 5.88. The van der Waals surface area contributed by atoms with Gasteiger partial charge in [-0.25, -0.2) is 0 Å². The van der Waals surface area contributed by atoms with E-state index in [0.29, 0.717) is 6.54 Å². The summed E-state index contributed by atoms with van der Waals surface area (Å²) in [6.07, 6.45) is 3.78. The standard InChI is InChI=1S/C10H16BNO2/c1-9(2)10(3,4)14-11(13-9)8-5-6-12-7-8/h5-6H,7H2,1-4H3. The molecule has 4 heteroatoms. The van der Waals surface area contributed by atoms with Crippen LogP contribution in [0.5, 0.6) is 0 Å². The molecule has 0 aromatic heterocycles. The first-order valence-electron chi connectivity index (χ1n) is 4.97. The Bertz CT molecular complexity index is 291. The molecule has 14 heavy (non-hydrogen) atoms. The molecule has 2 aliphatic heterocycles. The molecule has 0 aromatic rings. The van der Waals surface area contributed by atoms with Crippen LogP contribution in [0.4, 0.5) is 0 Å². The van der Waals surface area contributed by atoms with Gasteiger partial charge in [-0.2, -0.15) is 0 Å². The zero-order chi connectivity index (χ0) is 10.4. The number of hydrogen-bond acceptors (Lipinski definition) is 3. The van der Waals surface area contributed by atoms with E-state index in [-0.39, 0.29) is 18.3 Å². The molecule has 0 aliphatic carbocycles. The first-order valence-corrected chi connectivity index (χ1v) is 4.97. The zero-order valence-corrected chi connectivity index (χ0v) is 9.20. The lowest BCUT2D eigenvalue weighted by molar-refractivity contribution is 0.00578. The van der Waals surface area contributed by atoms with Gasteiger partial charge in [-0.05, 0) is 39.2 Å². The largest absolute Gasteiger partial charge is 0.492 e. The summed E-state index contributed by atoms with van der Waals surface area (Å²) in [5.41, 5.74) is 0.617. The Morgan fingerprint density at radius 2 is 1.79 bits per heavy atom. The Balaban J connectivity index is 2.14. The molecule has 76 valence electrons. The SMILES string of the molecule is CC1(C)OB(C2=CC=NC2)OC1(C)C. The summed E-state index contributed by atoms with van der Waals surface area (Å²) in [4.78, 5) is 4.13. The minimum atomic E-state index is -0.249. The van der Waals surface area contributed by atoms with Crippen molar-refractivity contribution < 1.29 is 9.31 Å². The maximum Gasteiger partial charge on any atom is 0.492 e. The number of aliphatic imine (C=N–C) groups is 1. The second-order valence-electron chi connectivity index (χ2n) is 4.82. The van der Waals surface area contributed by atoms with Crippen molar-refractivity contribution in [1.29, 1.82) is 0 Å². The van der Waals surface area contributed by atoms with E-state index >= 15 is 0 Å². The van der Waals surface area contributed by atoms with Gasteiger partial charge in [-0.1, -0.05) is 0 Å². The van der Waals surface area contributed by atoms with Crippen LogP contribution in [-0.2, 0) is 9.31 Å². The van der Waals surface area contributed by atoms with E-state index in [1.807, 2.05) is 6.08 Å². The molecule has 2 aliphatic rings. The predicted molar refractivity (Wildman–Crippen MR) is 57.5 cm³/mol. The second-order valence-corrected chi connectivity index (χ2v) is 4.82. The fourth-order valence-corrected chi connectivity index (χ4v) is 1.51. The van der Waals surface area contributed by atoms with Crippen LogP contribution >= 0.6 is 0 Å². The van der Waals surface area contributed by atoms with E-state index in [1.54, 1.807) is 6.21 Å². The third kappa shape index (κ3) is 1.42. The van der Waals surface area contributed by atoms with Crippen LogP contribution in [0.25, 0.3) is 0 Å². The summed E-state index contributed by atoms with van der Waals surface area (Å²) in [7, 11) is -0.220. The van der Waals surface area contributed by atoms with Gasteiger partial charge < -0.3 is 9.31 Å². The monoisotopic (exact) mass is 193 g/mol. The Kier molecular flexibility index (Phi) is 2.09. The fourth-order valence-electron chi connectivity index (χ4n) is 1.51. The van der Waals surface area contributed by atoms with Gasteiger partial charge >= 0.3 is 7.12 Å². The lowest BCUT2D eigenvalue weighted by Gasteiger charge is -2.32. The third-order valence-electron chi connectivity index (χ3n) is 3.22. The number of nitrogens with zero attached hydrogens (tertiary/aromatic N) is 1. The van der Waals surface area contributed by atoms with E-state index < -0.39 is 0 Å². The Hall–Kier alpha value is -0.605. The van der Waals surface area contributed by atoms with Gasteiger partial charge in [0.1, 0.15) is 0 Å². The average Bonchev–Trinajstić information content (AvgIpc) is 2.58. The minimum absolute atomic E-state index is 0.220. The summed E-state index contributed by atoms with van der Waals surface area (Å²) in [5.74, 6) is 0. The smallest absolute Gasteiger partial charge is 0.400 e. The molecule has 0 N–H and O–H groups in total. The van der Waals surface area contributed by atoms with E-state index in [9.17, 15) is 0 Å². The highest BCUT2D eigenvalue weighted by Gasteiger charge is 2.52. The summed E-state index contributed by atoms with van der Waals surface area (Å²) in [6, 6.07) is 0. The van der Waals surface area contributed by atoms with Crippen molar-refractivity contribution in [3.05, 3.63) is 11.5 Å². The van der Waals surface area contributed by atoms with Crippen LogP contribution in [0.1, 0.15) is 27.7 Å². The first kappa shape index (κ1) is 9.93. The van der Waals surface area contributed by atoms with Gasteiger partial charge in [0.05, 0.1) is 17.7 Å². The first-order chi connectivity index (χ1) is 6.42. The predicted octanol–water partition coefficient (Wildman–Crippen LogP) is 1.63. The van der Waals surface area contributed by atoms with Crippen LogP contribution in [-0.4, -0.2) is 31.1 Å². The Morgan fingerprint density at radius 1 is 1.21 bits per heavy atom. The fraction of sp³-hybridized carbons (Fsp3) is 0.700. The third-order valence-corrected chi connectivity index (χ3v) is 3.22. The van der Waals surface area contributed by atoms with Gasteiger partial charge in [0.2, 0.25) is 0 Å². The molecule has 1 fully saturated rings.